The predicted octanol–water partition coefficient (Wildman–Crippen LogP) is 2.48. The van der Waals surface area contributed by atoms with Crippen molar-refractivity contribution in [1.82, 2.24) is 15.5 Å². The fourth-order valence-electron chi connectivity index (χ4n) is 5.75. The van der Waals surface area contributed by atoms with Crippen molar-refractivity contribution in [3.63, 3.8) is 0 Å². The number of hydrogen-bond acceptors (Lipinski definition) is 4. The number of ether oxygens (including phenoxy) is 1. The smallest absolute Gasteiger partial charge is 0.233 e. The number of imide groups is 1. The van der Waals surface area contributed by atoms with Crippen LogP contribution in [0.1, 0.15) is 58.3 Å². The van der Waals surface area contributed by atoms with Gasteiger partial charge in [-0.1, -0.05) is 37.8 Å². The summed E-state index contributed by atoms with van der Waals surface area (Å²) in [5, 5.41) is 6.59. The molecule has 172 valence electrons. The first kappa shape index (κ1) is 22.3. The minimum Gasteiger partial charge on any atom is -0.376 e. The normalized spacial score (nSPS) is 30.7. The lowest BCUT2D eigenvalue weighted by Gasteiger charge is -2.17. The van der Waals surface area contributed by atoms with Gasteiger partial charge in [-0.15, -0.1) is 0 Å². The number of carbonyl (C=O) groups excluding carboxylic acids is 2. The molecule has 31 heavy (non-hydrogen) atoms. The number of rotatable bonds is 9. The lowest BCUT2D eigenvalue weighted by Crippen LogP contribution is -2.39. The van der Waals surface area contributed by atoms with Crippen molar-refractivity contribution >= 4 is 17.8 Å². The van der Waals surface area contributed by atoms with Crippen LogP contribution in [0.3, 0.4) is 0 Å². The first-order chi connectivity index (χ1) is 15.2. The molecule has 0 radical (unpaired) electrons. The molecule has 3 aliphatic carbocycles. The Kier molecular flexibility index (Phi) is 7.64. The number of amides is 2. The topological polar surface area (TPSA) is 83.0 Å². The van der Waals surface area contributed by atoms with E-state index in [2.05, 4.69) is 27.8 Å². The SMILES string of the molecule is CCNC(=NCCCN1C(=O)C2C3C=CC(C3)C2C1=O)NCCOC1CCCCCC1. The van der Waals surface area contributed by atoms with E-state index in [1.165, 1.54) is 43.4 Å². The molecule has 4 atom stereocenters. The number of nitrogens with zero attached hydrogens (tertiary/aromatic N) is 2. The molecule has 4 aliphatic rings. The Balaban J connectivity index is 1.17. The van der Waals surface area contributed by atoms with Crippen LogP contribution in [-0.2, 0) is 14.3 Å². The van der Waals surface area contributed by atoms with E-state index in [0.29, 0.717) is 32.2 Å². The van der Waals surface area contributed by atoms with E-state index in [9.17, 15) is 9.59 Å². The highest BCUT2D eigenvalue weighted by molar-refractivity contribution is 6.06. The van der Waals surface area contributed by atoms with E-state index in [1.807, 2.05) is 6.92 Å². The van der Waals surface area contributed by atoms with Crippen molar-refractivity contribution in [2.45, 2.75) is 64.4 Å². The molecule has 3 fully saturated rings. The lowest BCUT2D eigenvalue weighted by molar-refractivity contribution is -0.140. The van der Waals surface area contributed by atoms with Gasteiger partial charge in [-0.05, 0) is 44.4 Å². The van der Waals surface area contributed by atoms with Gasteiger partial charge in [0.25, 0.3) is 0 Å². The molecule has 0 aromatic heterocycles. The average Bonchev–Trinajstić information content (AvgIpc) is 3.37. The van der Waals surface area contributed by atoms with Crippen molar-refractivity contribution in [3.8, 4) is 0 Å². The summed E-state index contributed by atoms with van der Waals surface area (Å²) < 4.78 is 6.03. The number of aliphatic imine (C=N–C) groups is 1. The van der Waals surface area contributed by atoms with Gasteiger partial charge in [0.05, 0.1) is 24.5 Å². The minimum atomic E-state index is -0.0987. The summed E-state index contributed by atoms with van der Waals surface area (Å²) in [5.41, 5.74) is 0. The van der Waals surface area contributed by atoms with Crippen molar-refractivity contribution in [2.75, 3.05) is 32.8 Å². The van der Waals surface area contributed by atoms with Crippen molar-refractivity contribution in [3.05, 3.63) is 12.2 Å². The summed E-state index contributed by atoms with van der Waals surface area (Å²) in [6.45, 7) is 5.29. The largest absolute Gasteiger partial charge is 0.376 e. The fourth-order valence-corrected chi connectivity index (χ4v) is 5.75. The Morgan fingerprint density at radius 3 is 2.39 bits per heavy atom. The summed E-state index contributed by atoms with van der Waals surface area (Å²) in [5.74, 6) is 1.20. The van der Waals surface area contributed by atoms with Gasteiger partial charge < -0.3 is 15.4 Å². The van der Waals surface area contributed by atoms with Crippen molar-refractivity contribution in [1.29, 1.82) is 0 Å². The molecular weight excluding hydrogens is 392 g/mol. The van der Waals surface area contributed by atoms with Crippen LogP contribution in [0, 0.1) is 23.7 Å². The highest BCUT2D eigenvalue weighted by Crippen LogP contribution is 2.52. The van der Waals surface area contributed by atoms with Gasteiger partial charge in [0.1, 0.15) is 0 Å². The first-order valence-electron chi connectivity index (χ1n) is 12.4. The number of allylic oxidation sites excluding steroid dienone is 2. The Labute approximate surface area is 186 Å². The van der Waals surface area contributed by atoms with E-state index in [0.717, 1.165) is 25.5 Å². The third kappa shape index (κ3) is 5.13. The third-order valence-corrected chi connectivity index (χ3v) is 7.27. The molecule has 1 saturated heterocycles. The van der Waals surface area contributed by atoms with Crippen LogP contribution in [-0.4, -0.2) is 61.6 Å². The molecule has 0 aromatic carbocycles. The fraction of sp³-hybridized carbons (Fsp3) is 0.792. The average molecular weight is 431 g/mol. The molecule has 4 unspecified atom stereocenters. The van der Waals surface area contributed by atoms with E-state index in [1.54, 1.807) is 0 Å². The first-order valence-corrected chi connectivity index (χ1v) is 12.4. The summed E-state index contributed by atoms with van der Waals surface area (Å²) in [7, 11) is 0. The molecular formula is C24H38N4O3. The summed E-state index contributed by atoms with van der Waals surface area (Å²) in [6, 6.07) is 0. The molecule has 2 amide bonds. The highest BCUT2D eigenvalue weighted by Gasteiger charge is 2.58. The number of guanidine groups is 1. The number of carbonyl (C=O) groups is 2. The van der Waals surface area contributed by atoms with E-state index >= 15 is 0 Å². The van der Waals surface area contributed by atoms with Crippen LogP contribution < -0.4 is 10.6 Å². The Morgan fingerprint density at radius 2 is 1.74 bits per heavy atom. The predicted molar refractivity (Wildman–Crippen MR) is 120 cm³/mol. The molecule has 0 spiro atoms. The van der Waals surface area contributed by atoms with Gasteiger partial charge in [-0.3, -0.25) is 19.5 Å². The zero-order valence-corrected chi connectivity index (χ0v) is 18.9. The van der Waals surface area contributed by atoms with Gasteiger partial charge in [0.2, 0.25) is 11.8 Å². The number of hydrogen-bond donors (Lipinski definition) is 2. The van der Waals surface area contributed by atoms with Crippen LogP contribution in [0.5, 0.6) is 0 Å². The molecule has 2 saturated carbocycles. The molecule has 2 N–H and O–H groups in total. The summed E-state index contributed by atoms with van der Waals surface area (Å²) >= 11 is 0. The molecule has 7 heteroatoms. The zero-order valence-electron chi connectivity index (χ0n) is 18.9. The van der Waals surface area contributed by atoms with Crippen LogP contribution in [0.2, 0.25) is 0 Å². The van der Waals surface area contributed by atoms with Gasteiger partial charge in [0.15, 0.2) is 5.96 Å². The number of nitrogens with one attached hydrogen (secondary N) is 2. The molecule has 1 aliphatic heterocycles. The second-order valence-corrected chi connectivity index (χ2v) is 9.35. The maximum Gasteiger partial charge on any atom is 0.233 e. The quantitative estimate of drug-likeness (QED) is 0.147. The molecule has 0 aromatic rings. The summed E-state index contributed by atoms with van der Waals surface area (Å²) in [6.07, 6.45) is 14.0. The van der Waals surface area contributed by atoms with Gasteiger partial charge in [-0.2, -0.15) is 0 Å². The van der Waals surface area contributed by atoms with Crippen LogP contribution in [0.15, 0.2) is 17.1 Å². The Hall–Kier alpha value is -1.89. The summed E-state index contributed by atoms with van der Waals surface area (Å²) in [4.78, 5) is 31.6. The van der Waals surface area contributed by atoms with Crippen molar-refractivity contribution < 1.29 is 14.3 Å². The Morgan fingerprint density at radius 1 is 1.06 bits per heavy atom. The maximum atomic E-state index is 12.7. The lowest BCUT2D eigenvalue weighted by atomic mass is 9.85. The molecule has 1 heterocycles. The monoisotopic (exact) mass is 430 g/mol. The molecule has 2 bridgehead atoms. The van der Waals surface area contributed by atoms with Gasteiger partial charge >= 0.3 is 0 Å². The minimum absolute atomic E-state index is 0.0384. The number of fused-ring (bicyclic) bond motifs is 5. The van der Waals surface area contributed by atoms with Crippen LogP contribution in [0.25, 0.3) is 0 Å². The zero-order chi connectivity index (χ0) is 21.6. The van der Waals surface area contributed by atoms with E-state index in [-0.39, 0.29) is 35.5 Å². The van der Waals surface area contributed by atoms with E-state index in [4.69, 9.17) is 4.74 Å². The van der Waals surface area contributed by atoms with Gasteiger partial charge in [0, 0.05) is 26.2 Å². The van der Waals surface area contributed by atoms with Crippen molar-refractivity contribution in [2.24, 2.45) is 28.7 Å². The van der Waals surface area contributed by atoms with Gasteiger partial charge in [-0.25, -0.2) is 0 Å². The highest BCUT2D eigenvalue weighted by atomic mass is 16.5. The van der Waals surface area contributed by atoms with Crippen LogP contribution >= 0.6 is 0 Å². The third-order valence-electron chi connectivity index (χ3n) is 7.27. The van der Waals surface area contributed by atoms with E-state index < -0.39 is 0 Å². The maximum absolute atomic E-state index is 12.7. The second-order valence-electron chi connectivity index (χ2n) is 9.35. The Bertz CT molecular complexity index is 669. The molecule has 4 rings (SSSR count). The number of likely N-dealkylation sites (tertiary alicyclic amines) is 1. The second kappa shape index (κ2) is 10.6. The standard InChI is InChI=1S/C24H38N4O3/c1-2-25-24(27-13-15-31-19-8-5-3-4-6-9-19)26-12-7-14-28-22(29)20-17-10-11-18(16-17)21(20)23(28)30/h10-11,17-21H,2-9,12-16H2,1H3,(H2,25,26,27). The van der Waals surface area contributed by atoms with Crippen LogP contribution in [0.4, 0.5) is 0 Å². The molecule has 7 nitrogen and oxygen atoms in total.